The van der Waals surface area contributed by atoms with Crippen LogP contribution in [0.1, 0.15) is 56.8 Å². The average Bonchev–Trinajstić information content (AvgIpc) is 3.39. The number of alkyl halides is 3. The second-order valence-electron chi connectivity index (χ2n) is 10.1. The maximum atomic E-state index is 14.3. The molecule has 3 aliphatic heterocycles. The highest BCUT2D eigenvalue weighted by atomic mass is 35.5. The van der Waals surface area contributed by atoms with Crippen molar-refractivity contribution in [1.29, 1.82) is 0 Å². The number of nitrogens with one attached hydrogen (secondary N) is 2. The minimum atomic E-state index is -4.88. The lowest BCUT2D eigenvalue weighted by Crippen LogP contribution is -2.45. The van der Waals surface area contributed by atoms with E-state index < -0.39 is 46.8 Å². The molecule has 2 amide bonds. The molecule has 0 saturated carbocycles. The first-order valence-corrected chi connectivity index (χ1v) is 13.0. The van der Waals surface area contributed by atoms with E-state index in [4.69, 9.17) is 11.6 Å². The van der Waals surface area contributed by atoms with E-state index in [1.54, 1.807) is 18.0 Å². The summed E-state index contributed by atoms with van der Waals surface area (Å²) >= 11 is 6.40. The smallest absolute Gasteiger partial charge is 0.341 e. The normalized spacial score (nSPS) is 19.4. The number of benzene rings is 3. The third kappa shape index (κ3) is 4.37. The van der Waals surface area contributed by atoms with Crippen molar-refractivity contribution in [2.75, 3.05) is 28.7 Å². The number of anilines is 3. The zero-order chi connectivity index (χ0) is 29.4. The van der Waals surface area contributed by atoms with Crippen LogP contribution in [0.15, 0.2) is 47.5 Å². The highest BCUT2D eigenvalue weighted by Crippen LogP contribution is 2.51. The molecule has 0 radical (unpaired) electrons. The highest BCUT2D eigenvalue weighted by Gasteiger charge is 2.45. The number of carbonyl (C=O) groups excluding carboxylic acids is 2. The van der Waals surface area contributed by atoms with Crippen LogP contribution in [0.3, 0.4) is 0 Å². The molecule has 0 aliphatic carbocycles. The molecule has 1 unspecified atom stereocenters. The van der Waals surface area contributed by atoms with E-state index in [0.717, 1.165) is 12.1 Å². The summed E-state index contributed by atoms with van der Waals surface area (Å²) in [4.78, 5) is 35.1. The van der Waals surface area contributed by atoms with Gasteiger partial charge < -0.3 is 20.4 Å². The van der Waals surface area contributed by atoms with Gasteiger partial charge in [0, 0.05) is 47.0 Å². The molecular weight excluding hydrogens is 569 g/mol. The molecule has 3 aromatic rings. The molecule has 0 fully saturated rings. The molecule has 0 bridgehead atoms. The molecule has 3 heterocycles. The topological polar surface area (TPSA) is 77.0 Å². The number of halogens is 6. The number of hydrogen-bond donors (Lipinski definition) is 2. The largest absolute Gasteiger partial charge is 0.416 e. The lowest BCUT2D eigenvalue weighted by Gasteiger charge is -2.31. The standard InChI is InChI=1S/C28H21ClF5N5O2/c1-12-5-6-35-27-38(2)24-20(39(12)27)11-19(36-25(40)13-7-14(28(32,33)34)9-16(31)8-13)21-22(24)26(41)37-23(21)17-10-15(30)3-4-18(17)29/h3-4,7-12,23H,5-6H2,1-2H3,(H,36,40)(H,37,41)/t12-,23?/m1/s1. The van der Waals surface area contributed by atoms with Crippen LogP contribution >= 0.6 is 11.6 Å². The first kappa shape index (κ1) is 27.0. The van der Waals surface area contributed by atoms with Crippen molar-refractivity contribution in [3.8, 4) is 0 Å². The number of guanidine groups is 1. The molecule has 3 aliphatic rings. The van der Waals surface area contributed by atoms with Gasteiger partial charge in [0.25, 0.3) is 11.8 Å². The van der Waals surface area contributed by atoms with E-state index in [2.05, 4.69) is 15.6 Å². The Bertz CT molecular complexity index is 1670. The van der Waals surface area contributed by atoms with Crippen molar-refractivity contribution < 1.29 is 31.5 Å². The fourth-order valence-electron chi connectivity index (χ4n) is 5.62. The van der Waals surface area contributed by atoms with Crippen LogP contribution in [0.25, 0.3) is 0 Å². The zero-order valence-corrected chi connectivity index (χ0v) is 22.3. The van der Waals surface area contributed by atoms with Gasteiger partial charge in [-0.3, -0.25) is 14.6 Å². The molecule has 6 rings (SSSR count). The zero-order valence-electron chi connectivity index (χ0n) is 21.5. The Morgan fingerprint density at radius 1 is 1.12 bits per heavy atom. The molecule has 0 aromatic heterocycles. The monoisotopic (exact) mass is 589 g/mol. The van der Waals surface area contributed by atoms with E-state index in [1.165, 1.54) is 6.07 Å². The molecule has 2 atom stereocenters. The summed E-state index contributed by atoms with van der Waals surface area (Å²) in [6.07, 6.45) is -4.17. The summed E-state index contributed by atoms with van der Waals surface area (Å²) in [5, 5.41) is 5.53. The summed E-state index contributed by atoms with van der Waals surface area (Å²) in [6, 6.07) is 5.73. The number of fused-ring (bicyclic) bond motifs is 5. The molecule has 7 nitrogen and oxygen atoms in total. The quantitative estimate of drug-likeness (QED) is 0.361. The molecule has 41 heavy (non-hydrogen) atoms. The lowest BCUT2D eigenvalue weighted by molar-refractivity contribution is -0.137. The van der Waals surface area contributed by atoms with Crippen molar-refractivity contribution >= 4 is 46.4 Å². The van der Waals surface area contributed by atoms with Crippen LogP contribution in [0.4, 0.5) is 39.0 Å². The van der Waals surface area contributed by atoms with Crippen LogP contribution in [0.2, 0.25) is 5.02 Å². The Hall–Kier alpha value is -4.19. The van der Waals surface area contributed by atoms with Gasteiger partial charge in [-0.2, -0.15) is 13.2 Å². The summed E-state index contributed by atoms with van der Waals surface area (Å²) in [5.74, 6) is -2.83. The van der Waals surface area contributed by atoms with Crippen LogP contribution in [0.5, 0.6) is 0 Å². The minimum Gasteiger partial charge on any atom is -0.341 e. The number of nitrogens with zero attached hydrogens (tertiary/aromatic N) is 3. The van der Waals surface area contributed by atoms with Crippen molar-refractivity contribution in [3.05, 3.63) is 86.9 Å². The van der Waals surface area contributed by atoms with Gasteiger partial charge in [-0.15, -0.1) is 0 Å². The van der Waals surface area contributed by atoms with Crippen LogP contribution in [-0.4, -0.2) is 37.4 Å². The average molecular weight is 590 g/mol. The molecule has 0 saturated heterocycles. The Kier molecular flexibility index (Phi) is 6.22. The third-order valence-corrected chi connectivity index (χ3v) is 7.81. The van der Waals surface area contributed by atoms with Crippen LogP contribution < -0.4 is 20.4 Å². The highest BCUT2D eigenvalue weighted by molar-refractivity contribution is 6.31. The Balaban J connectivity index is 1.55. The van der Waals surface area contributed by atoms with Gasteiger partial charge >= 0.3 is 6.18 Å². The number of aliphatic imine (C=N–C) groups is 1. The fourth-order valence-corrected chi connectivity index (χ4v) is 5.85. The summed E-state index contributed by atoms with van der Waals surface area (Å²) in [5.41, 5.74) is -0.164. The third-order valence-electron chi connectivity index (χ3n) is 7.47. The van der Waals surface area contributed by atoms with Gasteiger partial charge in [0.15, 0.2) is 0 Å². The maximum absolute atomic E-state index is 14.3. The van der Waals surface area contributed by atoms with E-state index in [-0.39, 0.29) is 33.4 Å². The predicted molar refractivity (Wildman–Crippen MR) is 144 cm³/mol. The maximum Gasteiger partial charge on any atom is 0.416 e. The van der Waals surface area contributed by atoms with E-state index in [0.29, 0.717) is 48.5 Å². The van der Waals surface area contributed by atoms with Gasteiger partial charge in [0.1, 0.15) is 11.6 Å². The van der Waals surface area contributed by atoms with Gasteiger partial charge in [-0.05, 0) is 55.8 Å². The second-order valence-corrected chi connectivity index (χ2v) is 10.5. The van der Waals surface area contributed by atoms with Gasteiger partial charge in [0.05, 0.1) is 28.5 Å². The summed E-state index contributed by atoms with van der Waals surface area (Å²) in [6.45, 7) is 2.54. The van der Waals surface area contributed by atoms with Gasteiger partial charge in [0.2, 0.25) is 5.96 Å². The van der Waals surface area contributed by atoms with E-state index >= 15 is 0 Å². The number of rotatable bonds is 3. The summed E-state index contributed by atoms with van der Waals surface area (Å²) < 4.78 is 68.5. The first-order chi connectivity index (χ1) is 19.3. The van der Waals surface area contributed by atoms with Crippen molar-refractivity contribution in [2.45, 2.75) is 31.6 Å². The predicted octanol–water partition coefficient (Wildman–Crippen LogP) is 6.13. The van der Waals surface area contributed by atoms with E-state index in [1.807, 2.05) is 11.8 Å². The Morgan fingerprint density at radius 3 is 2.61 bits per heavy atom. The van der Waals surface area contributed by atoms with Gasteiger partial charge in [-0.1, -0.05) is 11.6 Å². The molecular formula is C28H21ClF5N5O2. The van der Waals surface area contributed by atoms with Crippen molar-refractivity contribution in [1.82, 2.24) is 5.32 Å². The first-order valence-electron chi connectivity index (χ1n) is 12.6. The van der Waals surface area contributed by atoms with E-state index in [9.17, 15) is 31.5 Å². The molecule has 2 N–H and O–H groups in total. The second kappa shape index (κ2) is 9.44. The summed E-state index contributed by atoms with van der Waals surface area (Å²) in [7, 11) is 1.75. The Morgan fingerprint density at radius 2 is 1.88 bits per heavy atom. The van der Waals surface area contributed by atoms with Crippen molar-refractivity contribution in [3.63, 3.8) is 0 Å². The number of carbonyl (C=O) groups is 2. The number of hydrogen-bond acceptors (Lipinski definition) is 5. The fraction of sp³-hybridized carbons (Fsp3) is 0.250. The molecule has 212 valence electrons. The minimum absolute atomic E-state index is 0.0247. The van der Waals surface area contributed by atoms with Gasteiger partial charge in [-0.25, -0.2) is 8.78 Å². The Labute approximate surface area is 235 Å². The molecule has 13 heteroatoms. The van der Waals surface area contributed by atoms with Crippen molar-refractivity contribution in [2.24, 2.45) is 4.99 Å². The SMILES string of the molecule is C[C@@H]1CCN=C2N(C)c3c(cc(NC(=O)c4cc(F)cc(C(F)(F)F)c4)c4c3C(=O)NC4c3cc(F)ccc3Cl)N21. The number of amides is 2. The van der Waals surface area contributed by atoms with Crippen LogP contribution in [0, 0.1) is 11.6 Å². The van der Waals surface area contributed by atoms with Crippen LogP contribution in [-0.2, 0) is 6.18 Å². The lowest BCUT2D eigenvalue weighted by atomic mass is 9.94. The molecule has 3 aromatic carbocycles. The molecule has 0 spiro atoms.